The number of anilines is 1. The molecule has 2 aromatic carbocycles. The Labute approximate surface area is 154 Å². The zero-order valence-electron chi connectivity index (χ0n) is 13.2. The van der Waals surface area contributed by atoms with Crippen LogP contribution in [0.2, 0.25) is 5.02 Å². The average molecular weight is 374 g/mol. The van der Waals surface area contributed by atoms with Crippen molar-refractivity contribution in [3.8, 4) is 5.75 Å². The molecule has 0 spiro atoms. The van der Waals surface area contributed by atoms with Crippen LogP contribution in [0.3, 0.4) is 0 Å². The number of aromatic amines is 1. The maximum absolute atomic E-state index is 5.84. The highest BCUT2D eigenvalue weighted by Crippen LogP contribution is 2.15. The van der Waals surface area contributed by atoms with Crippen LogP contribution in [0, 0.1) is 0 Å². The zero-order valence-corrected chi connectivity index (χ0v) is 14.8. The molecule has 8 heteroatoms. The van der Waals surface area contributed by atoms with Gasteiger partial charge < -0.3 is 4.74 Å². The van der Waals surface area contributed by atoms with Gasteiger partial charge in [-0.3, -0.25) is 0 Å². The number of halogens is 1. The summed E-state index contributed by atoms with van der Waals surface area (Å²) in [6.07, 6.45) is 1.68. The van der Waals surface area contributed by atoms with Crippen molar-refractivity contribution in [1.29, 1.82) is 0 Å². The Morgan fingerprint density at radius 1 is 1.16 bits per heavy atom. The molecule has 1 heterocycles. The van der Waals surface area contributed by atoms with Gasteiger partial charge in [-0.1, -0.05) is 53.7 Å². The average Bonchev–Trinajstić information content (AvgIpc) is 3.09. The third-order valence-corrected chi connectivity index (χ3v) is 4.11. The number of para-hydroxylation sites is 1. The molecule has 25 heavy (non-hydrogen) atoms. The minimum Gasteiger partial charge on any atom is -0.493 e. The number of aromatic nitrogens is 3. The fourth-order valence-corrected chi connectivity index (χ4v) is 2.63. The first kappa shape index (κ1) is 17.3. The molecule has 6 nitrogen and oxygen atoms in total. The standard InChI is InChI=1S/C17H16ClN5OS/c18-14-8-6-13(7-9-14)12-19-21-16-20-17(23-22-16)25-11-10-24-15-4-2-1-3-5-15/h1-9,12H,10-11H2,(H2,20,21,22,23)/b19-12+. The topological polar surface area (TPSA) is 75.2 Å². The number of benzene rings is 2. The maximum atomic E-state index is 5.84. The van der Waals surface area contributed by atoms with Crippen molar-refractivity contribution in [3.63, 3.8) is 0 Å². The van der Waals surface area contributed by atoms with E-state index in [1.165, 1.54) is 11.8 Å². The number of thioether (sulfide) groups is 1. The smallest absolute Gasteiger partial charge is 0.240 e. The number of nitrogens with one attached hydrogen (secondary N) is 2. The minimum absolute atomic E-state index is 0.483. The number of nitrogens with zero attached hydrogens (tertiary/aromatic N) is 3. The molecule has 3 rings (SSSR count). The molecule has 0 aliphatic carbocycles. The van der Waals surface area contributed by atoms with E-state index in [9.17, 15) is 0 Å². The molecule has 0 bridgehead atoms. The monoisotopic (exact) mass is 373 g/mol. The van der Waals surface area contributed by atoms with Crippen LogP contribution in [0.1, 0.15) is 5.56 Å². The normalized spacial score (nSPS) is 10.9. The van der Waals surface area contributed by atoms with Crippen LogP contribution in [0.15, 0.2) is 64.9 Å². The molecule has 0 saturated carbocycles. The Kier molecular flexibility index (Phi) is 6.30. The molecule has 0 aliphatic rings. The minimum atomic E-state index is 0.483. The Bertz CT molecular complexity index is 807. The first-order valence-corrected chi connectivity index (χ1v) is 8.94. The molecule has 0 atom stereocenters. The number of hydrogen-bond donors (Lipinski definition) is 2. The van der Waals surface area contributed by atoms with Crippen LogP contribution in [0.25, 0.3) is 0 Å². The molecular weight excluding hydrogens is 358 g/mol. The molecule has 0 unspecified atom stereocenters. The van der Waals surface area contributed by atoms with E-state index >= 15 is 0 Å². The lowest BCUT2D eigenvalue weighted by molar-refractivity contribution is 0.344. The van der Waals surface area contributed by atoms with Gasteiger partial charge in [0.15, 0.2) is 0 Å². The van der Waals surface area contributed by atoms with E-state index in [2.05, 4.69) is 25.7 Å². The van der Waals surface area contributed by atoms with Crippen LogP contribution in [0.4, 0.5) is 5.95 Å². The second-order valence-electron chi connectivity index (χ2n) is 4.90. The lowest BCUT2D eigenvalue weighted by Gasteiger charge is -2.03. The second-order valence-corrected chi connectivity index (χ2v) is 6.40. The van der Waals surface area contributed by atoms with Crippen LogP contribution < -0.4 is 10.2 Å². The first-order valence-electron chi connectivity index (χ1n) is 7.57. The van der Waals surface area contributed by atoms with Gasteiger partial charge in [-0.05, 0) is 29.8 Å². The highest BCUT2D eigenvalue weighted by atomic mass is 35.5. The number of hydrogen-bond acceptors (Lipinski definition) is 6. The van der Waals surface area contributed by atoms with Gasteiger partial charge in [0.25, 0.3) is 0 Å². The van der Waals surface area contributed by atoms with E-state index in [-0.39, 0.29) is 0 Å². The summed E-state index contributed by atoms with van der Waals surface area (Å²) >= 11 is 7.34. The predicted molar refractivity (Wildman–Crippen MR) is 102 cm³/mol. The highest BCUT2D eigenvalue weighted by molar-refractivity contribution is 7.99. The van der Waals surface area contributed by atoms with Crippen LogP contribution in [-0.2, 0) is 0 Å². The molecule has 128 valence electrons. The van der Waals surface area contributed by atoms with E-state index in [4.69, 9.17) is 16.3 Å². The van der Waals surface area contributed by atoms with Crippen LogP contribution >= 0.6 is 23.4 Å². The molecule has 1 aromatic heterocycles. The van der Waals surface area contributed by atoms with Crippen molar-refractivity contribution in [1.82, 2.24) is 15.2 Å². The summed E-state index contributed by atoms with van der Waals surface area (Å²) < 4.78 is 5.62. The number of hydrazone groups is 1. The lowest BCUT2D eigenvalue weighted by atomic mass is 10.2. The van der Waals surface area contributed by atoms with Gasteiger partial charge >= 0.3 is 0 Å². The molecular formula is C17H16ClN5OS. The van der Waals surface area contributed by atoms with Crippen molar-refractivity contribution in [2.24, 2.45) is 5.10 Å². The quantitative estimate of drug-likeness (QED) is 0.269. The summed E-state index contributed by atoms with van der Waals surface area (Å²) in [7, 11) is 0. The Morgan fingerprint density at radius 2 is 1.96 bits per heavy atom. The van der Waals surface area contributed by atoms with Crippen molar-refractivity contribution < 1.29 is 4.74 Å². The Balaban J connectivity index is 1.40. The molecule has 0 fully saturated rings. The van der Waals surface area contributed by atoms with E-state index in [1.807, 2.05) is 54.6 Å². The Hall–Kier alpha value is -2.51. The van der Waals surface area contributed by atoms with Gasteiger partial charge in [0.1, 0.15) is 5.75 Å². The van der Waals surface area contributed by atoms with Crippen molar-refractivity contribution in [3.05, 3.63) is 65.2 Å². The molecule has 0 aliphatic heterocycles. The van der Waals surface area contributed by atoms with Crippen molar-refractivity contribution >= 4 is 35.5 Å². The summed E-state index contributed by atoms with van der Waals surface area (Å²) in [5.74, 6) is 2.09. The van der Waals surface area contributed by atoms with E-state index in [1.54, 1.807) is 6.21 Å². The van der Waals surface area contributed by atoms with E-state index in [0.29, 0.717) is 22.7 Å². The SMILES string of the molecule is Clc1ccc(/C=N/Nc2nc(SCCOc3ccccc3)n[nH]2)cc1. The van der Waals surface area contributed by atoms with Gasteiger partial charge in [0, 0.05) is 10.8 Å². The van der Waals surface area contributed by atoms with Gasteiger partial charge in [0.05, 0.1) is 12.8 Å². The highest BCUT2D eigenvalue weighted by Gasteiger charge is 2.03. The largest absolute Gasteiger partial charge is 0.493 e. The first-order chi connectivity index (χ1) is 12.3. The van der Waals surface area contributed by atoms with Gasteiger partial charge in [-0.25, -0.2) is 10.5 Å². The van der Waals surface area contributed by atoms with Crippen molar-refractivity contribution in [2.45, 2.75) is 5.16 Å². The molecule has 0 radical (unpaired) electrons. The lowest BCUT2D eigenvalue weighted by Crippen LogP contribution is -2.00. The molecule has 3 aromatic rings. The molecule has 0 saturated heterocycles. The number of ether oxygens (including phenoxy) is 1. The third-order valence-electron chi connectivity index (χ3n) is 3.05. The summed E-state index contributed by atoms with van der Waals surface area (Å²) in [5, 5.41) is 12.3. The van der Waals surface area contributed by atoms with E-state index < -0.39 is 0 Å². The van der Waals surface area contributed by atoms with E-state index in [0.717, 1.165) is 17.1 Å². The van der Waals surface area contributed by atoms with Gasteiger partial charge in [-0.2, -0.15) is 10.1 Å². The summed E-state index contributed by atoms with van der Waals surface area (Å²) in [6, 6.07) is 17.1. The molecule has 0 amide bonds. The summed E-state index contributed by atoms with van der Waals surface area (Å²) in [6.45, 7) is 0.584. The predicted octanol–water partition coefficient (Wildman–Crippen LogP) is 4.08. The van der Waals surface area contributed by atoms with Gasteiger partial charge in [-0.15, -0.1) is 5.10 Å². The summed E-state index contributed by atoms with van der Waals surface area (Å²) in [5.41, 5.74) is 3.74. The number of H-pyrrole nitrogens is 1. The maximum Gasteiger partial charge on any atom is 0.240 e. The van der Waals surface area contributed by atoms with Crippen LogP contribution in [0.5, 0.6) is 5.75 Å². The number of rotatable bonds is 8. The second kappa shape index (κ2) is 9.10. The van der Waals surface area contributed by atoms with Crippen LogP contribution in [-0.4, -0.2) is 33.8 Å². The fourth-order valence-electron chi connectivity index (χ4n) is 1.89. The van der Waals surface area contributed by atoms with Gasteiger partial charge in [0.2, 0.25) is 11.1 Å². The Morgan fingerprint density at radius 3 is 2.76 bits per heavy atom. The third kappa shape index (κ3) is 5.81. The summed E-state index contributed by atoms with van der Waals surface area (Å²) in [4.78, 5) is 4.29. The fraction of sp³-hybridized carbons (Fsp3) is 0.118. The van der Waals surface area contributed by atoms with Crippen molar-refractivity contribution in [2.75, 3.05) is 17.8 Å². The molecule has 2 N–H and O–H groups in total. The zero-order chi connectivity index (χ0) is 17.3.